The summed E-state index contributed by atoms with van der Waals surface area (Å²) >= 11 is 0. The Hall–Kier alpha value is -3.81. The summed E-state index contributed by atoms with van der Waals surface area (Å²) in [6.07, 6.45) is 3.52. The van der Waals surface area contributed by atoms with Crippen molar-refractivity contribution in [1.82, 2.24) is 9.80 Å². The van der Waals surface area contributed by atoms with Crippen LogP contribution in [0, 0.1) is 11.8 Å². The van der Waals surface area contributed by atoms with Gasteiger partial charge in [0.1, 0.15) is 22.8 Å². The first-order valence-corrected chi connectivity index (χ1v) is 14.1. The molecular weight excluding hydrogens is 544 g/mol. The fourth-order valence-corrected chi connectivity index (χ4v) is 7.30. The van der Waals surface area contributed by atoms with Gasteiger partial charge in [-0.2, -0.15) is 0 Å². The highest BCUT2D eigenvalue weighted by molar-refractivity contribution is 6.25. The van der Waals surface area contributed by atoms with Gasteiger partial charge in [-0.05, 0) is 70.4 Å². The zero-order valence-electron chi connectivity index (χ0n) is 24.3. The van der Waals surface area contributed by atoms with Crippen molar-refractivity contribution in [2.45, 2.75) is 50.3 Å². The van der Waals surface area contributed by atoms with Crippen molar-refractivity contribution in [3.05, 3.63) is 45.4 Å². The minimum absolute atomic E-state index is 0.0305. The van der Waals surface area contributed by atoms with E-state index in [1.54, 1.807) is 14.1 Å². The zero-order valence-corrected chi connectivity index (χ0v) is 24.3. The van der Waals surface area contributed by atoms with E-state index in [-0.39, 0.29) is 29.7 Å². The van der Waals surface area contributed by atoms with Crippen molar-refractivity contribution in [2.75, 3.05) is 46.2 Å². The minimum atomic E-state index is -2.71. The molecule has 1 fully saturated rings. The third-order valence-electron chi connectivity index (χ3n) is 9.22. The van der Waals surface area contributed by atoms with Crippen molar-refractivity contribution in [3.63, 3.8) is 0 Å². The number of aliphatic hydroxyl groups is 3. The number of ketones is 2. The predicted octanol–water partition coefficient (Wildman–Crippen LogP) is 1.54. The van der Waals surface area contributed by atoms with Crippen LogP contribution in [0.5, 0.6) is 5.75 Å². The van der Waals surface area contributed by atoms with Crippen molar-refractivity contribution in [2.24, 2.45) is 28.0 Å². The van der Waals surface area contributed by atoms with Crippen LogP contribution in [0.4, 0.5) is 5.69 Å². The number of benzene rings is 1. The first kappa shape index (κ1) is 29.7. The number of likely N-dealkylation sites (N-methyl/N-ethyl adjacent to an activating group) is 1. The number of allylic oxidation sites excluding steroid dienone is 1. The quantitative estimate of drug-likeness (QED) is 0.146. The van der Waals surface area contributed by atoms with Crippen LogP contribution in [0.3, 0.4) is 0 Å². The highest BCUT2D eigenvalue weighted by atomic mass is 16.3. The number of rotatable bonds is 5. The number of hydrogen-bond acceptors (Lipinski definition) is 11. The maximum Gasteiger partial charge on any atom is 0.304 e. The van der Waals surface area contributed by atoms with Gasteiger partial charge in [0.2, 0.25) is 5.78 Å². The average Bonchev–Trinajstić information content (AvgIpc) is 2.92. The van der Waals surface area contributed by atoms with Crippen LogP contribution >= 0.6 is 0 Å². The van der Waals surface area contributed by atoms with Crippen LogP contribution in [0.25, 0.3) is 0 Å². The Bertz CT molecular complexity index is 1440. The molecule has 0 bridgehead atoms. The van der Waals surface area contributed by atoms with Crippen molar-refractivity contribution in [3.8, 4) is 5.75 Å². The summed E-state index contributed by atoms with van der Waals surface area (Å²) in [5.74, 6) is -1.69. The molecule has 42 heavy (non-hydrogen) atoms. The Kier molecular flexibility index (Phi) is 7.62. The second kappa shape index (κ2) is 10.8. The van der Waals surface area contributed by atoms with Crippen LogP contribution < -0.4 is 10.7 Å². The fraction of sp³-hybridized carbons (Fsp3) is 0.552. The van der Waals surface area contributed by atoms with E-state index in [9.17, 15) is 34.8 Å². The van der Waals surface area contributed by atoms with Crippen molar-refractivity contribution < 1.29 is 34.8 Å². The molecule has 1 unspecified atom stereocenters. The number of Topliss-reactive ketones (excluding diaryl/α,β-unsaturated/α-hetero) is 2. The number of amides is 1. The molecule has 0 saturated carbocycles. The Morgan fingerprint density at radius 2 is 1.79 bits per heavy atom. The number of aliphatic hydroxyl groups excluding tert-OH is 2. The molecule has 1 heterocycles. The molecule has 0 aromatic heterocycles. The van der Waals surface area contributed by atoms with E-state index in [0.29, 0.717) is 17.7 Å². The van der Waals surface area contributed by atoms with Crippen LogP contribution in [0.15, 0.2) is 39.1 Å². The number of carbonyl (C=O) groups excluding carboxylic acids is 3. The van der Waals surface area contributed by atoms with Crippen LogP contribution in [0.1, 0.15) is 47.2 Å². The van der Waals surface area contributed by atoms with E-state index < -0.39 is 58.0 Å². The van der Waals surface area contributed by atoms with Gasteiger partial charge >= 0.3 is 5.91 Å². The number of nitrogens with zero attached hydrogens (tertiary/aromatic N) is 5. The lowest BCUT2D eigenvalue weighted by Crippen LogP contribution is -2.63. The molecule has 1 amide bonds. The minimum Gasteiger partial charge on any atom is -0.510 e. The summed E-state index contributed by atoms with van der Waals surface area (Å²) in [4.78, 5) is 46.2. The molecular formula is C29H38N6O7. The predicted molar refractivity (Wildman–Crippen MR) is 152 cm³/mol. The van der Waals surface area contributed by atoms with Gasteiger partial charge in [0.05, 0.1) is 11.6 Å². The molecule has 13 heteroatoms. The lowest BCUT2D eigenvalue weighted by Gasteiger charge is -2.50. The standard InChI is InChI=1S/C29H38N6O7/c1-33(2)18-12-15(13-35-8-6-5-7-9-35)23(36)20-16(18)10-14-11-17-22(34(3)4)25(38)21(28(41)31-32-30)27(40)29(17,42)26(39)19(14)24(20)37/h12,14,17,22,36,38-39,42H,5-11,13H2,1-4H3,(H2,30,31,41)/t14-,17-,22?,29-/m0/s1. The molecule has 5 rings (SSSR count). The summed E-state index contributed by atoms with van der Waals surface area (Å²) < 4.78 is 0. The molecule has 4 atom stereocenters. The Morgan fingerprint density at radius 3 is 2.38 bits per heavy atom. The van der Waals surface area contributed by atoms with Gasteiger partial charge in [-0.25, -0.2) is 0 Å². The number of carbonyl (C=O) groups is 3. The average molecular weight is 583 g/mol. The number of phenols is 1. The first-order chi connectivity index (χ1) is 19.8. The first-order valence-electron chi connectivity index (χ1n) is 14.1. The molecule has 1 aromatic carbocycles. The Morgan fingerprint density at radius 1 is 1.12 bits per heavy atom. The van der Waals surface area contributed by atoms with Crippen LogP contribution in [0.2, 0.25) is 0 Å². The SMILES string of the molecule is CN(C)c1cc(CN2CCCCC2)c(O)c2c1C[C@H]1C[C@H]3C(N(C)C)C(O)=C(C(=O)N=NN)C(=O)[C@@]3(O)C(O)=C1C2=O. The third-order valence-corrected chi connectivity index (χ3v) is 9.22. The van der Waals surface area contributed by atoms with E-state index in [4.69, 9.17) is 5.84 Å². The summed E-state index contributed by atoms with van der Waals surface area (Å²) in [7, 11) is 6.89. The summed E-state index contributed by atoms with van der Waals surface area (Å²) in [5.41, 5.74) is -1.78. The molecule has 1 aromatic rings. The Balaban J connectivity index is 1.67. The van der Waals surface area contributed by atoms with Gasteiger partial charge in [0.25, 0.3) is 0 Å². The van der Waals surface area contributed by atoms with E-state index in [0.717, 1.165) is 38.0 Å². The molecule has 3 aliphatic carbocycles. The zero-order chi connectivity index (χ0) is 30.7. The third kappa shape index (κ3) is 4.38. The second-order valence-corrected chi connectivity index (χ2v) is 12.1. The second-order valence-electron chi connectivity index (χ2n) is 12.1. The lowest BCUT2D eigenvalue weighted by molar-refractivity contribution is -0.148. The number of hydrogen-bond donors (Lipinski definition) is 5. The van der Waals surface area contributed by atoms with Gasteiger partial charge in [-0.3, -0.25) is 24.2 Å². The van der Waals surface area contributed by atoms with Crippen LogP contribution in [-0.4, -0.2) is 101 Å². The normalized spacial score (nSPS) is 28.3. The highest BCUT2D eigenvalue weighted by Crippen LogP contribution is 2.53. The molecule has 13 nitrogen and oxygen atoms in total. The number of piperidine rings is 1. The van der Waals surface area contributed by atoms with Gasteiger partial charge in [0, 0.05) is 43.4 Å². The molecule has 4 aliphatic rings. The number of phenolic OH excluding ortho intramolecular Hbond substituents is 1. The maximum atomic E-state index is 14.2. The molecule has 0 spiro atoms. The maximum absolute atomic E-state index is 14.2. The number of aromatic hydroxyl groups is 1. The lowest BCUT2D eigenvalue weighted by atomic mass is 9.58. The molecule has 1 saturated heterocycles. The van der Waals surface area contributed by atoms with E-state index in [2.05, 4.69) is 15.2 Å². The van der Waals surface area contributed by atoms with E-state index in [1.807, 2.05) is 25.1 Å². The number of fused-ring (bicyclic) bond motifs is 3. The van der Waals surface area contributed by atoms with Crippen molar-refractivity contribution in [1.29, 1.82) is 0 Å². The number of likely N-dealkylation sites (tertiary alicyclic amines) is 1. The van der Waals surface area contributed by atoms with E-state index in [1.165, 1.54) is 4.90 Å². The molecule has 226 valence electrons. The summed E-state index contributed by atoms with van der Waals surface area (Å²) in [6, 6.07) is 0.822. The monoisotopic (exact) mass is 582 g/mol. The smallest absolute Gasteiger partial charge is 0.304 e. The van der Waals surface area contributed by atoms with Gasteiger partial charge in [-0.15, -0.1) is 0 Å². The van der Waals surface area contributed by atoms with Gasteiger partial charge in [0.15, 0.2) is 11.4 Å². The van der Waals surface area contributed by atoms with Crippen LogP contribution in [-0.2, 0) is 22.6 Å². The Labute approximate surface area is 243 Å². The largest absolute Gasteiger partial charge is 0.510 e. The molecule has 1 aliphatic heterocycles. The molecule has 0 radical (unpaired) electrons. The molecule has 6 N–H and O–H groups in total. The highest BCUT2D eigenvalue weighted by Gasteiger charge is 2.63. The number of anilines is 1. The fourth-order valence-electron chi connectivity index (χ4n) is 7.30. The topological polar surface area (TPSA) is 193 Å². The summed E-state index contributed by atoms with van der Waals surface area (Å²) in [6.45, 7) is 2.21. The van der Waals surface area contributed by atoms with E-state index >= 15 is 0 Å². The van der Waals surface area contributed by atoms with Crippen molar-refractivity contribution >= 4 is 23.2 Å². The summed E-state index contributed by atoms with van der Waals surface area (Å²) in [5, 5.41) is 52.1. The number of nitrogens with two attached hydrogens (primary N) is 1. The van der Waals surface area contributed by atoms with Gasteiger partial charge in [-0.1, -0.05) is 16.8 Å². The van der Waals surface area contributed by atoms with Gasteiger partial charge < -0.3 is 31.2 Å².